The van der Waals surface area contributed by atoms with E-state index in [-0.39, 0.29) is 5.75 Å². The van der Waals surface area contributed by atoms with E-state index in [0.717, 1.165) is 12.2 Å². The molecule has 7 heteroatoms. The maximum Gasteiger partial charge on any atom is 0.573 e. The quantitative estimate of drug-likeness (QED) is 0.911. The number of hydrogen-bond acceptors (Lipinski definition) is 4. The lowest BCUT2D eigenvalue weighted by Crippen LogP contribution is -2.17. The summed E-state index contributed by atoms with van der Waals surface area (Å²) in [4.78, 5) is 4.32. The largest absolute Gasteiger partial charge is 0.573 e. The van der Waals surface area contributed by atoms with Gasteiger partial charge >= 0.3 is 6.36 Å². The van der Waals surface area contributed by atoms with Crippen LogP contribution in [-0.4, -0.2) is 17.9 Å². The van der Waals surface area contributed by atoms with E-state index in [1.807, 2.05) is 12.3 Å². The number of hydrogen-bond donors (Lipinski definition) is 1. The van der Waals surface area contributed by atoms with Crippen LogP contribution in [0.4, 0.5) is 13.2 Å². The molecule has 0 bridgehead atoms. The van der Waals surface area contributed by atoms with Crippen LogP contribution in [0.25, 0.3) is 10.6 Å². The second-order valence-electron chi connectivity index (χ2n) is 3.97. The van der Waals surface area contributed by atoms with Crippen LogP contribution in [0.15, 0.2) is 29.6 Å². The van der Waals surface area contributed by atoms with E-state index in [1.54, 1.807) is 12.1 Å². The Kier molecular flexibility index (Phi) is 4.61. The van der Waals surface area contributed by atoms with E-state index in [4.69, 9.17) is 0 Å². The summed E-state index contributed by atoms with van der Waals surface area (Å²) >= 11 is 1.29. The lowest BCUT2D eigenvalue weighted by molar-refractivity contribution is -0.274. The molecule has 0 saturated heterocycles. The van der Waals surface area contributed by atoms with Gasteiger partial charge in [-0.15, -0.1) is 24.5 Å². The van der Waals surface area contributed by atoms with E-state index in [1.165, 1.54) is 23.5 Å². The molecule has 1 N–H and O–H groups in total. The standard InChI is InChI=1S/C13H13F3N2OS/c1-2-17-7-9-8-20-12(18-9)10-5-3-4-6-11(10)19-13(14,15)16/h3-6,8,17H,2,7H2,1H3. The van der Waals surface area contributed by atoms with Crippen molar-refractivity contribution in [3.8, 4) is 16.3 Å². The van der Waals surface area contributed by atoms with Gasteiger partial charge in [-0.05, 0) is 18.7 Å². The van der Waals surface area contributed by atoms with Crippen molar-refractivity contribution in [3.63, 3.8) is 0 Å². The molecule has 0 atom stereocenters. The molecule has 0 spiro atoms. The molecule has 2 aromatic rings. The van der Waals surface area contributed by atoms with Crippen molar-refractivity contribution in [2.45, 2.75) is 19.8 Å². The lowest BCUT2D eigenvalue weighted by Gasteiger charge is -2.11. The molecule has 0 fully saturated rings. The minimum atomic E-state index is -4.71. The molecule has 0 unspecified atom stereocenters. The first-order valence-electron chi connectivity index (χ1n) is 6.00. The molecule has 0 aliphatic carbocycles. The molecule has 0 aliphatic rings. The molecule has 2 rings (SSSR count). The van der Waals surface area contributed by atoms with Gasteiger partial charge in [0, 0.05) is 11.9 Å². The molecule has 0 radical (unpaired) electrons. The van der Waals surface area contributed by atoms with Crippen LogP contribution in [0.2, 0.25) is 0 Å². The molecule has 108 valence electrons. The topological polar surface area (TPSA) is 34.1 Å². The van der Waals surface area contributed by atoms with Crippen molar-refractivity contribution in [2.24, 2.45) is 0 Å². The van der Waals surface area contributed by atoms with Crippen molar-refractivity contribution in [1.82, 2.24) is 10.3 Å². The first-order chi connectivity index (χ1) is 9.49. The summed E-state index contributed by atoms with van der Waals surface area (Å²) in [5, 5.41) is 5.45. The highest BCUT2D eigenvalue weighted by molar-refractivity contribution is 7.13. The zero-order valence-electron chi connectivity index (χ0n) is 10.7. The summed E-state index contributed by atoms with van der Waals surface area (Å²) in [5.41, 5.74) is 1.14. The zero-order valence-corrected chi connectivity index (χ0v) is 11.5. The van der Waals surface area contributed by atoms with Crippen LogP contribution in [0.1, 0.15) is 12.6 Å². The first kappa shape index (κ1) is 14.8. The van der Waals surface area contributed by atoms with E-state index >= 15 is 0 Å². The molecule has 1 heterocycles. The van der Waals surface area contributed by atoms with Gasteiger partial charge < -0.3 is 10.1 Å². The number of ether oxygens (including phenoxy) is 1. The van der Waals surface area contributed by atoms with Gasteiger partial charge in [0.05, 0.1) is 11.3 Å². The molecule has 1 aromatic heterocycles. The number of benzene rings is 1. The molecular weight excluding hydrogens is 289 g/mol. The third kappa shape index (κ3) is 3.94. The van der Waals surface area contributed by atoms with Crippen molar-refractivity contribution in [1.29, 1.82) is 0 Å². The van der Waals surface area contributed by atoms with Crippen molar-refractivity contribution >= 4 is 11.3 Å². The normalized spacial score (nSPS) is 11.6. The second kappa shape index (κ2) is 6.23. The number of aromatic nitrogens is 1. The number of nitrogens with zero attached hydrogens (tertiary/aromatic N) is 1. The van der Waals surface area contributed by atoms with Crippen LogP contribution in [0.3, 0.4) is 0 Å². The number of para-hydroxylation sites is 1. The van der Waals surface area contributed by atoms with Gasteiger partial charge in [-0.3, -0.25) is 0 Å². The van der Waals surface area contributed by atoms with Crippen molar-refractivity contribution < 1.29 is 17.9 Å². The fourth-order valence-electron chi connectivity index (χ4n) is 1.62. The summed E-state index contributed by atoms with van der Waals surface area (Å²) in [6.45, 7) is 3.37. The highest BCUT2D eigenvalue weighted by atomic mass is 32.1. The van der Waals surface area contributed by atoms with Gasteiger partial charge in [0.25, 0.3) is 0 Å². The Labute approximate surface area is 118 Å². The minimum absolute atomic E-state index is 0.232. The second-order valence-corrected chi connectivity index (χ2v) is 4.83. The predicted octanol–water partition coefficient (Wildman–Crippen LogP) is 3.82. The summed E-state index contributed by atoms with van der Waals surface area (Å²) in [6, 6.07) is 6.01. The highest BCUT2D eigenvalue weighted by Gasteiger charge is 2.32. The number of halogens is 3. The highest BCUT2D eigenvalue weighted by Crippen LogP contribution is 2.35. The molecule has 0 saturated carbocycles. The van der Waals surface area contributed by atoms with E-state index in [9.17, 15) is 13.2 Å². The van der Waals surface area contributed by atoms with Gasteiger partial charge in [0.2, 0.25) is 0 Å². The van der Waals surface area contributed by atoms with Crippen LogP contribution in [0.5, 0.6) is 5.75 Å². The molecule has 1 aromatic carbocycles. The Morgan fingerprint density at radius 2 is 2.05 bits per heavy atom. The average Bonchev–Trinajstić information content (AvgIpc) is 2.83. The van der Waals surface area contributed by atoms with Crippen LogP contribution in [0, 0.1) is 0 Å². The Morgan fingerprint density at radius 1 is 1.30 bits per heavy atom. The Balaban J connectivity index is 2.26. The van der Waals surface area contributed by atoms with E-state index in [2.05, 4.69) is 15.0 Å². The van der Waals surface area contributed by atoms with E-state index in [0.29, 0.717) is 17.1 Å². The molecule has 3 nitrogen and oxygen atoms in total. The Morgan fingerprint density at radius 3 is 2.75 bits per heavy atom. The summed E-state index contributed by atoms with van der Waals surface area (Å²) < 4.78 is 41.1. The summed E-state index contributed by atoms with van der Waals surface area (Å²) in [6.07, 6.45) is -4.71. The number of rotatable bonds is 5. The van der Waals surface area contributed by atoms with Gasteiger partial charge in [-0.25, -0.2) is 4.98 Å². The maximum atomic E-state index is 12.4. The Hall–Kier alpha value is -1.60. The molecule has 20 heavy (non-hydrogen) atoms. The van der Waals surface area contributed by atoms with Gasteiger partial charge in [0.15, 0.2) is 0 Å². The van der Waals surface area contributed by atoms with Crippen LogP contribution < -0.4 is 10.1 Å². The number of thiazole rings is 1. The lowest BCUT2D eigenvalue weighted by atomic mass is 10.2. The third-order valence-electron chi connectivity index (χ3n) is 2.45. The Bertz CT molecular complexity index is 569. The minimum Gasteiger partial charge on any atom is -0.405 e. The fourth-order valence-corrected chi connectivity index (χ4v) is 2.47. The monoisotopic (exact) mass is 302 g/mol. The fraction of sp³-hybridized carbons (Fsp3) is 0.308. The predicted molar refractivity (Wildman–Crippen MR) is 71.6 cm³/mol. The van der Waals surface area contributed by atoms with Crippen molar-refractivity contribution in [2.75, 3.05) is 6.54 Å². The van der Waals surface area contributed by atoms with Gasteiger partial charge in [-0.2, -0.15) is 0 Å². The molecule has 0 amide bonds. The molecular formula is C13H13F3N2OS. The smallest absolute Gasteiger partial charge is 0.405 e. The van der Waals surface area contributed by atoms with E-state index < -0.39 is 6.36 Å². The number of nitrogens with one attached hydrogen (secondary N) is 1. The van der Waals surface area contributed by atoms with Gasteiger partial charge in [-0.1, -0.05) is 19.1 Å². The van der Waals surface area contributed by atoms with Crippen LogP contribution in [-0.2, 0) is 6.54 Å². The maximum absolute atomic E-state index is 12.4. The SMILES string of the molecule is CCNCc1csc(-c2ccccc2OC(F)(F)F)n1. The molecule has 0 aliphatic heterocycles. The van der Waals surface area contributed by atoms with Gasteiger partial charge in [0.1, 0.15) is 10.8 Å². The third-order valence-corrected chi connectivity index (χ3v) is 3.38. The first-order valence-corrected chi connectivity index (χ1v) is 6.88. The number of alkyl halides is 3. The zero-order chi connectivity index (χ0) is 14.6. The van der Waals surface area contributed by atoms with Crippen molar-refractivity contribution in [3.05, 3.63) is 35.3 Å². The van der Waals surface area contributed by atoms with Crippen LogP contribution >= 0.6 is 11.3 Å². The average molecular weight is 302 g/mol. The summed E-state index contributed by atoms with van der Waals surface area (Å²) in [7, 11) is 0. The summed E-state index contributed by atoms with van der Waals surface area (Å²) in [5.74, 6) is -0.232.